The van der Waals surface area contributed by atoms with Crippen LogP contribution in [0, 0.1) is 0 Å². The van der Waals surface area contributed by atoms with E-state index in [0.717, 1.165) is 24.8 Å². The summed E-state index contributed by atoms with van der Waals surface area (Å²) in [6, 6.07) is 2.72. The molecule has 0 N–H and O–H groups in total. The molecule has 2 aliphatic carbocycles. The van der Waals surface area contributed by atoms with Crippen LogP contribution in [0.3, 0.4) is 0 Å². The predicted octanol–water partition coefficient (Wildman–Crippen LogP) is 3.12. The van der Waals surface area contributed by atoms with E-state index in [1.807, 2.05) is 6.07 Å². The van der Waals surface area contributed by atoms with Crippen LogP contribution < -0.4 is 0 Å². The summed E-state index contributed by atoms with van der Waals surface area (Å²) in [4.78, 5) is 11.7. The van der Waals surface area contributed by atoms with Crippen molar-refractivity contribution in [1.29, 1.82) is 0 Å². The van der Waals surface area contributed by atoms with E-state index < -0.39 is 0 Å². The molecule has 0 atom stereocenters. The van der Waals surface area contributed by atoms with Crippen LogP contribution in [-0.2, 0) is 6.42 Å². The summed E-state index contributed by atoms with van der Waals surface area (Å²) in [5.41, 5.74) is 2.33. The second kappa shape index (κ2) is 3.51. The topological polar surface area (TPSA) is 22.0 Å². The number of rotatable bonds is 1. The Hall–Kier alpha value is -1.05. The first kappa shape index (κ1) is 9.20. The molecule has 1 fully saturated rings. The van der Waals surface area contributed by atoms with Gasteiger partial charge >= 0.3 is 0 Å². The second-order valence-corrected chi connectivity index (χ2v) is 4.80. The van der Waals surface area contributed by atoms with Crippen LogP contribution in [0.25, 0.3) is 0 Å². The molecule has 0 bridgehead atoms. The molecular weight excluding hydrogens is 186 g/mol. The van der Waals surface area contributed by atoms with Crippen molar-refractivity contribution in [2.24, 2.45) is 0 Å². The van der Waals surface area contributed by atoms with E-state index in [0.29, 0.717) is 11.8 Å². The van der Waals surface area contributed by atoms with E-state index in [-0.39, 0.29) is 0 Å². The summed E-state index contributed by atoms with van der Waals surface area (Å²) in [7, 11) is 0. The lowest BCUT2D eigenvalue weighted by molar-refractivity contribution is 0.0971. The van der Waals surface area contributed by atoms with Crippen LogP contribution >= 0.6 is 0 Å². The Balaban J connectivity index is 1.98. The standard InChI is InChI=1S/C13H17NO/c15-13-7-3-6-12-11(13)8-9-14(12)10-4-1-2-5-10/h8-10H,1-7H2. The molecule has 1 aromatic heterocycles. The second-order valence-electron chi connectivity index (χ2n) is 4.80. The lowest BCUT2D eigenvalue weighted by Gasteiger charge is -2.19. The summed E-state index contributed by atoms with van der Waals surface area (Å²) in [6.07, 6.45) is 10.3. The Bertz CT molecular complexity index is 385. The van der Waals surface area contributed by atoms with Crippen LogP contribution in [0.15, 0.2) is 12.3 Å². The van der Waals surface area contributed by atoms with Crippen molar-refractivity contribution < 1.29 is 4.79 Å². The molecule has 0 aromatic carbocycles. The maximum Gasteiger partial charge on any atom is 0.164 e. The number of ketones is 1. The van der Waals surface area contributed by atoms with Gasteiger partial charge in [-0.2, -0.15) is 0 Å². The quantitative estimate of drug-likeness (QED) is 0.687. The van der Waals surface area contributed by atoms with Gasteiger partial charge < -0.3 is 4.57 Å². The number of fused-ring (bicyclic) bond motifs is 1. The smallest absolute Gasteiger partial charge is 0.164 e. The van der Waals surface area contributed by atoms with Gasteiger partial charge in [0.05, 0.1) is 0 Å². The maximum atomic E-state index is 11.7. The molecule has 2 heteroatoms. The van der Waals surface area contributed by atoms with Crippen LogP contribution in [0.5, 0.6) is 0 Å². The number of nitrogens with zero attached hydrogens (tertiary/aromatic N) is 1. The predicted molar refractivity (Wildman–Crippen MR) is 59.2 cm³/mol. The number of hydrogen-bond donors (Lipinski definition) is 0. The van der Waals surface area contributed by atoms with E-state index in [1.54, 1.807) is 0 Å². The molecule has 0 spiro atoms. The van der Waals surface area contributed by atoms with Gasteiger partial charge in [-0.15, -0.1) is 0 Å². The number of hydrogen-bond acceptors (Lipinski definition) is 1. The normalized spacial score (nSPS) is 22.0. The first-order chi connectivity index (χ1) is 7.36. The Kier molecular flexibility index (Phi) is 2.15. The SMILES string of the molecule is O=C1CCCc2c1ccn2C1CCCC1. The van der Waals surface area contributed by atoms with Crippen molar-refractivity contribution in [3.05, 3.63) is 23.5 Å². The van der Waals surface area contributed by atoms with Crippen LogP contribution in [-0.4, -0.2) is 10.4 Å². The van der Waals surface area contributed by atoms with Crippen molar-refractivity contribution in [3.8, 4) is 0 Å². The van der Waals surface area contributed by atoms with E-state index in [1.165, 1.54) is 31.4 Å². The van der Waals surface area contributed by atoms with E-state index >= 15 is 0 Å². The molecule has 0 unspecified atom stereocenters. The van der Waals surface area contributed by atoms with E-state index in [9.17, 15) is 4.79 Å². The highest BCUT2D eigenvalue weighted by molar-refractivity contribution is 5.98. The third-order valence-corrected chi connectivity index (χ3v) is 3.86. The summed E-state index contributed by atoms with van der Waals surface area (Å²) < 4.78 is 2.39. The first-order valence-corrected chi connectivity index (χ1v) is 6.09. The Morgan fingerprint density at radius 1 is 1.13 bits per heavy atom. The molecule has 0 saturated heterocycles. The lowest BCUT2D eigenvalue weighted by atomic mass is 9.96. The molecule has 15 heavy (non-hydrogen) atoms. The largest absolute Gasteiger partial charge is 0.348 e. The zero-order valence-corrected chi connectivity index (χ0v) is 9.04. The molecule has 80 valence electrons. The Labute approximate surface area is 90.3 Å². The van der Waals surface area contributed by atoms with Gasteiger partial charge in [0, 0.05) is 29.9 Å². The van der Waals surface area contributed by atoms with Crippen molar-refractivity contribution in [1.82, 2.24) is 4.57 Å². The fraction of sp³-hybridized carbons (Fsp3) is 0.615. The van der Waals surface area contributed by atoms with Gasteiger partial charge in [-0.25, -0.2) is 0 Å². The highest BCUT2D eigenvalue weighted by atomic mass is 16.1. The molecule has 1 heterocycles. The zero-order chi connectivity index (χ0) is 10.3. The molecule has 0 aliphatic heterocycles. The molecule has 1 aromatic rings. The van der Waals surface area contributed by atoms with Crippen LogP contribution in [0.2, 0.25) is 0 Å². The molecule has 2 aliphatic rings. The van der Waals surface area contributed by atoms with Crippen molar-refractivity contribution in [2.75, 3.05) is 0 Å². The third-order valence-electron chi connectivity index (χ3n) is 3.86. The minimum Gasteiger partial charge on any atom is -0.348 e. The van der Waals surface area contributed by atoms with Crippen molar-refractivity contribution in [3.63, 3.8) is 0 Å². The summed E-state index contributed by atoms with van der Waals surface area (Å²) in [5.74, 6) is 0.355. The number of carbonyl (C=O) groups is 1. The Morgan fingerprint density at radius 3 is 2.73 bits per heavy atom. The number of aromatic nitrogens is 1. The van der Waals surface area contributed by atoms with Gasteiger partial charge in [0.15, 0.2) is 5.78 Å². The monoisotopic (exact) mass is 203 g/mol. The highest BCUT2D eigenvalue weighted by Crippen LogP contribution is 2.33. The van der Waals surface area contributed by atoms with Gasteiger partial charge in [0.25, 0.3) is 0 Å². The minimum atomic E-state index is 0.355. The van der Waals surface area contributed by atoms with Crippen molar-refractivity contribution >= 4 is 5.78 Å². The number of Topliss-reactive ketones (excluding diaryl/α,β-unsaturated/α-hetero) is 1. The Morgan fingerprint density at radius 2 is 1.93 bits per heavy atom. The third kappa shape index (κ3) is 1.43. The molecule has 0 radical (unpaired) electrons. The average molecular weight is 203 g/mol. The van der Waals surface area contributed by atoms with Crippen LogP contribution in [0.1, 0.15) is 60.6 Å². The van der Waals surface area contributed by atoms with Gasteiger partial charge in [-0.05, 0) is 31.7 Å². The molecule has 0 amide bonds. The highest BCUT2D eigenvalue weighted by Gasteiger charge is 2.25. The van der Waals surface area contributed by atoms with Gasteiger partial charge in [0.1, 0.15) is 0 Å². The first-order valence-electron chi connectivity index (χ1n) is 6.09. The fourth-order valence-electron chi connectivity index (χ4n) is 3.07. The number of carbonyl (C=O) groups excluding carboxylic acids is 1. The van der Waals surface area contributed by atoms with Crippen molar-refractivity contribution in [2.45, 2.75) is 51.0 Å². The zero-order valence-electron chi connectivity index (χ0n) is 9.04. The van der Waals surface area contributed by atoms with Gasteiger partial charge in [-0.1, -0.05) is 12.8 Å². The van der Waals surface area contributed by atoms with E-state index in [2.05, 4.69) is 10.8 Å². The van der Waals surface area contributed by atoms with Gasteiger partial charge in [0.2, 0.25) is 0 Å². The summed E-state index contributed by atoms with van der Waals surface area (Å²) >= 11 is 0. The van der Waals surface area contributed by atoms with E-state index in [4.69, 9.17) is 0 Å². The minimum absolute atomic E-state index is 0.355. The van der Waals surface area contributed by atoms with Gasteiger partial charge in [-0.3, -0.25) is 4.79 Å². The lowest BCUT2D eigenvalue weighted by Crippen LogP contribution is -2.15. The average Bonchev–Trinajstić information content (AvgIpc) is 2.85. The fourth-order valence-corrected chi connectivity index (χ4v) is 3.07. The maximum absolute atomic E-state index is 11.7. The molecular formula is C13H17NO. The molecule has 3 rings (SSSR count). The summed E-state index contributed by atoms with van der Waals surface area (Å²) in [6.45, 7) is 0. The summed E-state index contributed by atoms with van der Waals surface area (Å²) in [5, 5.41) is 0. The van der Waals surface area contributed by atoms with Crippen LogP contribution in [0.4, 0.5) is 0 Å². The molecule has 2 nitrogen and oxygen atoms in total. The molecule has 1 saturated carbocycles.